The summed E-state index contributed by atoms with van der Waals surface area (Å²) >= 11 is 1.63. The van der Waals surface area contributed by atoms with Crippen molar-refractivity contribution in [1.29, 1.82) is 0 Å². The van der Waals surface area contributed by atoms with Gasteiger partial charge in [0.1, 0.15) is 0 Å². The van der Waals surface area contributed by atoms with Crippen LogP contribution in [-0.4, -0.2) is 47.5 Å². The molecule has 1 aromatic rings. The number of nitrogens with zero attached hydrogens (tertiary/aromatic N) is 1. The molecule has 0 spiro atoms. The van der Waals surface area contributed by atoms with Gasteiger partial charge in [0, 0.05) is 47.7 Å². The highest BCUT2D eigenvalue weighted by Crippen LogP contribution is 2.32. The Kier molecular flexibility index (Phi) is 6.65. The van der Waals surface area contributed by atoms with Gasteiger partial charge in [-0.1, -0.05) is 13.8 Å². The number of hydrogen-bond donors (Lipinski definition) is 2. The molecule has 0 saturated carbocycles. The lowest BCUT2D eigenvalue weighted by Gasteiger charge is -2.32. The summed E-state index contributed by atoms with van der Waals surface area (Å²) in [7, 11) is 0. The monoisotopic (exact) mass is 403 g/mol. The van der Waals surface area contributed by atoms with Crippen molar-refractivity contribution in [2.75, 3.05) is 24.2 Å². The highest BCUT2D eigenvalue weighted by atomic mass is 32.2. The molecule has 1 unspecified atom stereocenters. The molecule has 2 N–H and O–H groups in total. The Morgan fingerprint density at radius 1 is 1.21 bits per heavy atom. The summed E-state index contributed by atoms with van der Waals surface area (Å²) < 4.78 is 0. The normalized spacial score (nSPS) is 18.9. The van der Waals surface area contributed by atoms with Gasteiger partial charge in [-0.25, -0.2) is 0 Å². The second-order valence-electron chi connectivity index (χ2n) is 7.97. The van der Waals surface area contributed by atoms with E-state index in [4.69, 9.17) is 0 Å². The van der Waals surface area contributed by atoms with Gasteiger partial charge >= 0.3 is 0 Å². The molecule has 3 rings (SSSR count). The zero-order valence-corrected chi connectivity index (χ0v) is 17.6. The van der Waals surface area contributed by atoms with Gasteiger partial charge < -0.3 is 15.5 Å². The van der Waals surface area contributed by atoms with Gasteiger partial charge in [-0.3, -0.25) is 14.4 Å². The van der Waals surface area contributed by atoms with Gasteiger partial charge in [0.25, 0.3) is 5.91 Å². The van der Waals surface area contributed by atoms with Gasteiger partial charge in [0.15, 0.2) is 0 Å². The number of rotatable bonds is 4. The average molecular weight is 404 g/mol. The van der Waals surface area contributed by atoms with Gasteiger partial charge in [-0.2, -0.15) is 0 Å². The predicted octanol–water partition coefficient (Wildman–Crippen LogP) is 3.13. The van der Waals surface area contributed by atoms with Crippen LogP contribution >= 0.6 is 11.8 Å². The van der Waals surface area contributed by atoms with Crippen LogP contribution < -0.4 is 10.6 Å². The van der Waals surface area contributed by atoms with Crippen LogP contribution in [-0.2, 0) is 9.59 Å². The number of carbonyl (C=O) groups is 3. The zero-order chi connectivity index (χ0) is 20.3. The first kappa shape index (κ1) is 20.7. The Labute approximate surface area is 170 Å². The summed E-state index contributed by atoms with van der Waals surface area (Å²) in [4.78, 5) is 39.9. The topological polar surface area (TPSA) is 78.5 Å². The number of hydrogen-bond acceptors (Lipinski definition) is 4. The van der Waals surface area contributed by atoms with Gasteiger partial charge in [0.05, 0.1) is 5.69 Å². The summed E-state index contributed by atoms with van der Waals surface area (Å²) in [5, 5.41) is 5.97. The van der Waals surface area contributed by atoms with Crippen molar-refractivity contribution in [3.63, 3.8) is 0 Å². The molecule has 6 nitrogen and oxygen atoms in total. The molecule has 2 aliphatic heterocycles. The number of carbonyl (C=O) groups excluding carboxylic acids is 3. The minimum atomic E-state index is -0.0410. The average Bonchev–Trinajstić information content (AvgIpc) is 2.87. The van der Waals surface area contributed by atoms with Crippen molar-refractivity contribution in [1.82, 2.24) is 10.2 Å². The maximum Gasteiger partial charge on any atom is 0.253 e. The Morgan fingerprint density at radius 2 is 1.93 bits per heavy atom. The Hall–Kier alpha value is -2.02. The summed E-state index contributed by atoms with van der Waals surface area (Å²) in [6.07, 6.45) is 1.84. The van der Waals surface area contributed by atoms with Crippen LogP contribution in [0.15, 0.2) is 23.1 Å². The Morgan fingerprint density at radius 3 is 2.61 bits per heavy atom. The molecule has 28 heavy (non-hydrogen) atoms. The van der Waals surface area contributed by atoms with Crippen molar-refractivity contribution in [2.24, 2.45) is 11.8 Å². The second kappa shape index (κ2) is 8.99. The smallest absolute Gasteiger partial charge is 0.253 e. The lowest BCUT2D eigenvalue weighted by atomic mass is 9.94. The van der Waals surface area contributed by atoms with Gasteiger partial charge in [0.2, 0.25) is 11.8 Å². The number of piperidine rings is 1. The van der Waals surface area contributed by atoms with Crippen LogP contribution in [0.5, 0.6) is 0 Å². The van der Waals surface area contributed by atoms with Crippen molar-refractivity contribution in [3.8, 4) is 0 Å². The number of benzene rings is 1. The van der Waals surface area contributed by atoms with Crippen LogP contribution in [0.25, 0.3) is 0 Å². The first-order valence-electron chi connectivity index (χ1n) is 10.0. The van der Waals surface area contributed by atoms with E-state index in [-0.39, 0.29) is 29.7 Å². The van der Waals surface area contributed by atoms with Crippen LogP contribution in [0.3, 0.4) is 0 Å². The first-order chi connectivity index (χ1) is 13.3. The van der Waals surface area contributed by atoms with E-state index in [0.29, 0.717) is 43.8 Å². The number of nitrogens with one attached hydrogen (secondary N) is 2. The number of fused-ring (bicyclic) bond motifs is 1. The molecule has 1 saturated heterocycles. The third kappa shape index (κ3) is 4.87. The molecular formula is C21H29N3O3S. The first-order valence-corrected chi connectivity index (χ1v) is 11.0. The van der Waals surface area contributed by atoms with E-state index in [1.54, 1.807) is 17.8 Å². The van der Waals surface area contributed by atoms with E-state index in [0.717, 1.165) is 16.3 Å². The van der Waals surface area contributed by atoms with E-state index >= 15 is 0 Å². The van der Waals surface area contributed by atoms with Gasteiger partial charge in [-0.05, 0) is 43.9 Å². The van der Waals surface area contributed by atoms with Crippen molar-refractivity contribution in [2.45, 2.75) is 51.0 Å². The molecule has 0 radical (unpaired) electrons. The van der Waals surface area contributed by atoms with Crippen LogP contribution in [0.2, 0.25) is 0 Å². The predicted molar refractivity (Wildman–Crippen MR) is 111 cm³/mol. The molecule has 3 amide bonds. The summed E-state index contributed by atoms with van der Waals surface area (Å²) in [5.74, 6) is 1.15. The number of likely N-dealkylation sites (tertiary alicyclic amines) is 1. The maximum absolute atomic E-state index is 12.9. The van der Waals surface area contributed by atoms with Crippen molar-refractivity contribution < 1.29 is 14.4 Å². The van der Waals surface area contributed by atoms with Crippen LogP contribution in [0, 0.1) is 11.8 Å². The third-order valence-electron chi connectivity index (χ3n) is 5.61. The highest BCUT2D eigenvalue weighted by molar-refractivity contribution is 7.99. The molecule has 2 aliphatic rings. The fourth-order valence-corrected chi connectivity index (χ4v) is 4.33. The molecule has 7 heteroatoms. The largest absolute Gasteiger partial charge is 0.353 e. The van der Waals surface area contributed by atoms with E-state index in [1.807, 2.05) is 24.0 Å². The lowest BCUT2D eigenvalue weighted by Crippen LogP contribution is -2.45. The standard InChI is InChI=1S/C21H29N3O3S/c1-13(2)14(3)22-20(26)15-6-9-24(10-7-15)21(27)16-4-5-18-17(12-16)23-19(25)8-11-28-18/h4-5,12-15H,6-11H2,1-3H3,(H,22,26)(H,23,25). The second-order valence-corrected chi connectivity index (χ2v) is 9.10. The van der Waals surface area contributed by atoms with E-state index < -0.39 is 0 Å². The van der Waals surface area contributed by atoms with E-state index in [9.17, 15) is 14.4 Å². The molecule has 0 aliphatic carbocycles. The van der Waals surface area contributed by atoms with Crippen LogP contribution in [0.4, 0.5) is 5.69 Å². The number of anilines is 1. The summed E-state index contributed by atoms with van der Waals surface area (Å²) in [6.45, 7) is 7.36. The SMILES string of the molecule is CC(C)C(C)NC(=O)C1CCN(C(=O)c2ccc3c(c2)NC(=O)CCS3)CC1. The molecule has 152 valence electrons. The summed E-state index contributed by atoms with van der Waals surface area (Å²) in [6, 6.07) is 5.66. The quantitative estimate of drug-likeness (QED) is 0.810. The van der Waals surface area contributed by atoms with Gasteiger partial charge in [-0.15, -0.1) is 11.8 Å². The number of amides is 3. The highest BCUT2D eigenvalue weighted by Gasteiger charge is 2.29. The van der Waals surface area contributed by atoms with E-state index in [2.05, 4.69) is 24.5 Å². The zero-order valence-electron chi connectivity index (χ0n) is 16.8. The number of thioether (sulfide) groups is 1. The molecule has 1 atom stereocenters. The van der Waals surface area contributed by atoms with Crippen LogP contribution in [0.1, 0.15) is 50.4 Å². The van der Waals surface area contributed by atoms with E-state index in [1.165, 1.54) is 0 Å². The summed E-state index contributed by atoms with van der Waals surface area (Å²) in [5.41, 5.74) is 1.30. The Balaban J connectivity index is 1.60. The molecular weight excluding hydrogens is 374 g/mol. The molecule has 0 bridgehead atoms. The Bertz CT molecular complexity index is 757. The van der Waals surface area contributed by atoms with Crippen molar-refractivity contribution >= 4 is 35.2 Å². The fraction of sp³-hybridized carbons (Fsp3) is 0.571. The molecule has 1 aromatic carbocycles. The maximum atomic E-state index is 12.9. The third-order valence-corrected chi connectivity index (χ3v) is 6.69. The van der Waals surface area contributed by atoms with Crippen molar-refractivity contribution in [3.05, 3.63) is 23.8 Å². The minimum absolute atomic E-state index is 0.0155. The molecule has 1 fully saturated rings. The molecule has 0 aromatic heterocycles. The molecule has 2 heterocycles. The lowest BCUT2D eigenvalue weighted by molar-refractivity contribution is -0.127. The fourth-order valence-electron chi connectivity index (χ4n) is 3.39. The minimum Gasteiger partial charge on any atom is -0.353 e.